The van der Waals surface area contributed by atoms with Crippen LogP contribution in [0.15, 0.2) is 16.6 Å². The van der Waals surface area contributed by atoms with Crippen molar-refractivity contribution in [3.05, 3.63) is 39.5 Å². The number of hydrogen-bond acceptors (Lipinski definition) is 6. The Bertz CT molecular complexity index is 801. The van der Waals surface area contributed by atoms with Crippen molar-refractivity contribution in [2.75, 3.05) is 7.11 Å². The van der Waals surface area contributed by atoms with Crippen molar-refractivity contribution in [2.45, 2.75) is 46.6 Å². The van der Waals surface area contributed by atoms with Crippen LogP contribution in [0.4, 0.5) is 5.69 Å². The molecule has 0 spiro atoms. The molecule has 0 aliphatic carbocycles. The van der Waals surface area contributed by atoms with Crippen molar-refractivity contribution >= 4 is 23.7 Å². The number of cyclic esters (lactones) is 1. The standard InChI is InChI=1S/C19H21NO5/c1-11(6-8-16(22)24-4)5-7-14-12(2)13(3)15-9-25-19(23)17(15)18(14)20-10-21/h5H,6-9H2,1-4H3. The van der Waals surface area contributed by atoms with Gasteiger partial charge in [-0.1, -0.05) is 11.6 Å². The molecule has 0 unspecified atom stereocenters. The molecule has 6 nitrogen and oxygen atoms in total. The minimum atomic E-state index is -0.459. The van der Waals surface area contributed by atoms with E-state index in [9.17, 15) is 14.4 Å². The topological polar surface area (TPSA) is 82.0 Å². The van der Waals surface area contributed by atoms with E-state index in [1.807, 2.05) is 26.8 Å². The van der Waals surface area contributed by atoms with E-state index < -0.39 is 5.97 Å². The van der Waals surface area contributed by atoms with Crippen LogP contribution in [0, 0.1) is 13.8 Å². The number of methoxy groups -OCH3 is 1. The summed E-state index contributed by atoms with van der Waals surface area (Å²) in [6.07, 6.45) is 4.92. The second-order valence-corrected chi connectivity index (χ2v) is 6.04. The molecule has 25 heavy (non-hydrogen) atoms. The van der Waals surface area contributed by atoms with Gasteiger partial charge in [-0.05, 0) is 50.3 Å². The summed E-state index contributed by atoms with van der Waals surface area (Å²) in [7, 11) is 1.36. The van der Waals surface area contributed by atoms with Gasteiger partial charge in [-0.15, -0.1) is 0 Å². The fourth-order valence-electron chi connectivity index (χ4n) is 2.92. The van der Waals surface area contributed by atoms with Crippen molar-refractivity contribution in [3.8, 4) is 0 Å². The Balaban J connectivity index is 2.39. The molecule has 1 aliphatic rings. The van der Waals surface area contributed by atoms with E-state index in [2.05, 4.69) is 9.73 Å². The number of fused-ring (bicyclic) bond motifs is 1. The quantitative estimate of drug-likeness (QED) is 0.342. The van der Waals surface area contributed by atoms with Crippen molar-refractivity contribution in [3.63, 3.8) is 0 Å². The van der Waals surface area contributed by atoms with Crippen molar-refractivity contribution < 1.29 is 23.9 Å². The average molecular weight is 343 g/mol. The predicted octanol–water partition coefficient (Wildman–Crippen LogP) is 3.38. The van der Waals surface area contributed by atoms with Crippen LogP contribution < -0.4 is 0 Å². The molecule has 0 saturated carbocycles. The molecule has 0 aromatic heterocycles. The minimum Gasteiger partial charge on any atom is -0.469 e. The molecule has 6 heteroatoms. The van der Waals surface area contributed by atoms with Crippen molar-refractivity contribution in [1.29, 1.82) is 0 Å². The van der Waals surface area contributed by atoms with Crippen molar-refractivity contribution in [2.24, 2.45) is 4.99 Å². The van der Waals surface area contributed by atoms with Gasteiger partial charge in [-0.3, -0.25) is 4.79 Å². The van der Waals surface area contributed by atoms with Gasteiger partial charge in [0.05, 0.1) is 18.4 Å². The zero-order chi connectivity index (χ0) is 18.6. The molecule has 0 bridgehead atoms. The van der Waals surface area contributed by atoms with E-state index in [0.717, 1.165) is 27.8 Å². The van der Waals surface area contributed by atoms with E-state index >= 15 is 0 Å². The smallest absolute Gasteiger partial charge is 0.341 e. The molecular weight excluding hydrogens is 322 g/mol. The van der Waals surface area contributed by atoms with Gasteiger partial charge in [0.2, 0.25) is 6.08 Å². The Morgan fingerprint density at radius 2 is 2.04 bits per heavy atom. The molecule has 2 rings (SSSR count). The van der Waals surface area contributed by atoms with Crippen LogP contribution in [0.3, 0.4) is 0 Å². The van der Waals surface area contributed by atoms with Gasteiger partial charge in [-0.2, -0.15) is 4.99 Å². The molecule has 0 radical (unpaired) electrons. The van der Waals surface area contributed by atoms with Crippen LogP contribution in [0.2, 0.25) is 0 Å². The Labute approximate surface area is 146 Å². The Morgan fingerprint density at radius 1 is 1.32 bits per heavy atom. The summed E-state index contributed by atoms with van der Waals surface area (Å²) in [6, 6.07) is 0. The van der Waals surface area contributed by atoms with Crippen LogP contribution in [0.1, 0.15) is 52.4 Å². The predicted molar refractivity (Wildman–Crippen MR) is 91.5 cm³/mol. The van der Waals surface area contributed by atoms with Crippen LogP contribution in [-0.2, 0) is 32.1 Å². The van der Waals surface area contributed by atoms with Crippen LogP contribution in [0.25, 0.3) is 0 Å². The molecule has 0 fully saturated rings. The number of aliphatic imine (C=N–C) groups is 1. The third-order valence-corrected chi connectivity index (χ3v) is 4.61. The van der Waals surface area contributed by atoms with Gasteiger partial charge in [0.15, 0.2) is 0 Å². The minimum absolute atomic E-state index is 0.205. The summed E-state index contributed by atoms with van der Waals surface area (Å²) >= 11 is 0. The third kappa shape index (κ3) is 3.86. The number of isocyanates is 1. The summed E-state index contributed by atoms with van der Waals surface area (Å²) in [6.45, 7) is 6.00. The highest BCUT2D eigenvalue weighted by Gasteiger charge is 2.30. The maximum Gasteiger partial charge on any atom is 0.341 e. The van der Waals surface area contributed by atoms with Gasteiger partial charge in [0.25, 0.3) is 0 Å². The number of benzene rings is 1. The normalized spacial score (nSPS) is 13.1. The molecule has 1 aliphatic heterocycles. The van der Waals surface area contributed by atoms with E-state index in [1.165, 1.54) is 7.11 Å². The molecule has 1 aromatic carbocycles. The SMILES string of the molecule is COC(=O)CCC(C)=CCc1c(C)c(C)c2c(c1N=C=O)C(=O)OC2. The highest BCUT2D eigenvalue weighted by atomic mass is 16.5. The number of rotatable bonds is 6. The van der Waals surface area contributed by atoms with Gasteiger partial charge in [0, 0.05) is 12.0 Å². The fourth-order valence-corrected chi connectivity index (χ4v) is 2.92. The zero-order valence-corrected chi connectivity index (χ0v) is 14.9. The lowest BCUT2D eigenvalue weighted by atomic mass is 9.90. The summed E-state index contributed by atoms with van der Waals surface area (Å²) < 4.78 is 9.74. The van der Waals surface area contributed by atoms with Crippen molar-refractivity contribution in [1.82, 2.24) is 0 Å². The number of carbonyl (C=O) groups excluding carboxylic acids is 3. The van der Waals surface area contributed by atoms with Gasteiger partial charge in [-0.25, -0.2) is 9.59 Å². The molecule has 0 atom stereocenters. The second kappa shape index (κ2) is 7.90. The van der Waals surface area contributed by atoms with Crippen LogP contribution in [-0.4, -0.2) is 25.1 Å². The average Bonchev–Trinajstić information content (AvgIpc) is 2.98. The van der Waals surface area contributed by atoms with Gasteiger partial charge < -0.3 is 9.47 Å². The highest BCUT2D eigenvalue weighted by molar-refractivity contribution is 6.00. The van der Waals surface area contributed by atoms with E-state index in [-0.39, 0.29) is 12.6 Å². The molecule has 1 aromatic rings. The summed E-state index contributed by atoms with van der Waals surface area (Å²) in [5.41, 5.74) is 5.26. The summed E-state index contributed by atoms with van der Waals surface area (Å²) in [4.78, 5) is 37.9. The van der Waals surface area contributed by atoms with E-state index in [0.29, 0.717) is 30.5 Å². The lowest BCUT2D eigenvalue weighted by molar-refractivity contribution is -0.140. The summed E-state index contributed by atoms with van der Waals surface area (Å²) in [5.74, 6) is -0.717. The Hall–Kier alpha value is -2.72. The molecule has 0 amide bonds. The molecular formula is C19H21NO5. The second-order valence-electron chi connectivity index (χ2n) is 6.04. The highest BCUT2D eigenvalue weighted by Crippen LogP contribution is 2.38. The summed E-state index contributed by atoms with van der Waals surface area (Å²) in [5, 5.41) is 0. The zero-order valence-electron chi connectivity index (χ0n) is 14.9. The van der Waals surface area contributed by atoms with Gasteiger partial charge in [0.1, 0.15) is 6.61 Å². The molecule has 0 N–H and O–H groups in total. The molecule has 132 valence electrons. The first-order valence-corrected chi connectivity index (χ1v) is 8.03. The Morgan fingerprint density at radius 3 is 2.68 bits per heavy atom. The fraction of sp³-hybridized carbons (Fsp3) is 0.421. The number of hydrogen-bond donors (Lipinski definition) is 0. The lowest BCUT2D eigenvalue weighted by Gasteiger charge is -2.14. The Kier molecular flexibility index (Phi) is 5.88. The molecule has 1 heterocycles. The number of nitrogens with zero attached hydrogens (tertiary/aromatic N) is 1. The lowest BCUT2D eigenvalue weighted by Crippen LogP contribution is -2.03. The number of ether oxygens (including phenoxy) is 2. The van der Waals surface area contributed by atoms with Crippen LogP contribution in [0.5, 0.6) is 0 Å². The first kappa shape index (κ1) is 18.6. The first-order valence-electron chi connectivity index (χ1n) is 8.03. The molecule has 0 saturated heterocycles. The monoisotopic (exact) mass is 343 g/mol. The largest absolute Gasteiger partial charge is 0.469 e. The van der Waals surface area contributed by atoms with Crippen LogP contribution >= 0.6 is 0 Å². The number of carbonyl (C=O) groups is 2. The third-order valence-electron chi connectivity index (χ3n) is 4.61. The number of esters is 2. The van der Waals surface area contributed by atoms with E-state index in [1.54, 1.807) is 6.08 Å². The van der Waals surface area contributed by atoms with E-state index in [4.69, 9.17) is 4.74 Å². The maximum absolute atomic E-state index is 12.0. The van der Waals surface area contributed by atoms with Gasteiger partial charge >= 0.3 is 11.9 Å². The number of allylic oxidation sites excluding steroid dienone is 2. The maximum atomic E-state index is 12.0. The first-order chi connectivity index (χ1) is 11.9.